The number of anilines is 1. The Balaban J connectivity index is 2.70. The van der Waals surface area contributed by atoms with Gasteiger partial charge in [-0.3, -0.25) is 19.5 Å². The minimum absolute atomic E-state index is 0.00118. The van der Waals surface area contributed by atoms with Gasteiger partial charge in [0, 0.05) is 25.9 Å². The smallest absolute Gasteiger partial charge is 0.311 e. The predicted molar refractivity (Wildman–Crippen MR) is 77.2 cm³/mol. The Labute approximate surface area is 122 Å². The van der Waals surface area contributed by atoms with Crippen LogP contribution < -0.4 is 15.4 Å². The Kier molecular flexibility index (Phi) is 6.96. The van der Waals surface area contributed by atoms with Gasteiger partial charge in [0.15, 0.2) is 0 Å². The molecule has 1 aromatic heterocycles. The lowest BCUT2D eigenvalue weighted by molar-refractivity contribution is 0.0227. The molecule has 1 aromatic rings. The zero-order valence-electron chi connectivity index (χ0n) is 11.4. The molecular weight excluding hydrogens is 305 g/mol. The zero-order valence-corrected chi connectivity index (χ0v) is 13.1. The molecule has 1 atom stereocenters. The molecule has 20 heavy (non-hydrogen) atoms. The molecule has 0 bridgehead atoms. The van der Waals surface area contributed by atoms with Crippen LogP contribution >= 0.6 is 20.3 Å². The first-order chi connectivity index (χ1) is 9.43. The Morgan fingerprint density at radius 1 is 1.55 bits per heavy atom. The number of hydrogen-bond acceptors (Lipinski definition) is 7. The summed E-state index contributed by atoms with van der Waals surface area (Å²) in [7, 11) is -1.58. The Morgan fingerprint density at radius 3 is 2.75 bits per heavy atom. The largest absolute Gasteiger partial charge is 0.341 e. The highest BCUT2D eigenvalue weighted by molar-refractivity contribution is 7.80. The number of aromatic nitrogens is 2. The van der Waals surface area contributed by atoms with Crippen LogP contribution in [-0.2, 0) is 22.7 Å². The van der Waals surface area contributed by atoms with Crippen molar-refractivity contribution >= 4 is 26.2 Å². The van der Waals surface area contributed by atoms with Crippen molar-refractivity contribution in [1.29, 1.82) is 0 Å². The number of imidazole rings is 1. The third-order valence-corrected chi connectivity index (χ3v) is 4.52. The lowest BCUT2D eigenvalue weighted by Crippen LogP contribution is -2.25. The van der Waals surface area contributed by atoms with E-state index in [1.165, 1.54) is 10.8 Å². The van der Waals surface area contributed by atoms with Crippen molar-refractivity contribution < 1.29 is 19.5 Å². The van der Waals surface area contributed by atoms with Gasteiger partial charge in [-0.15, -0.1) is 0 Å². The summed E-state index contributed by atoms with van der Waals surface area (Å²) >= 11 is 4.04. The van der Waals surface area contributed by atoms with Crippen molar-refractivity contribution in [2.24, 2.45) is 7.05 Å². The monoisotopic (exact) mass is 325 g/mol. The average molecular weight is 325 g/mol. The first-order valence-electron chi connectivity index (χ1n) is 5.97. The summed E-state index contributed by atoms with van der Waals surface area (Å²) in [5.74, 6) is 0.462. The fourth-order valence-electron chi connectivity index (χ4n) is 1.46. The van der Waals surface area contributed by atoms with Gasteiger partial charge in [-0.25, -0.2) is 15.2 Å². The maximum atomic E-state index is 12.4. The van der Waals surface area contributed by atoms with Crippen LogP contribution in [0.4, 0.5) is 5.95 Å². The van der Waals surface area contributed by atoms with Crippen molar-refractivity contribution in [3.8, 4) is 0 Å². The molecule has 0 spiro atoms. The highest BCUT2D eigenvalue weighted by atomic mass is 32.1. The quantitative estimate of drug-likeness (QED) is 0.257. The molecule has 11 heteroatoms. The number of hydrogen-bond donors (Lipinski definition) is 5. The summed E-state index contributed by atoms with van der Waals surface area (Å²) in [5, 5.41) is 23.3. The van der Waals surface area contributed by atoms with E-state index in [2.05, 4.69) is 27.8 Å². The number of rotatable bonds is 9. The lowest BCUT2D eigenvalue weighted by atomic mass is 10.5. The number of nitrogens with one attached hydrogen (secondary N) is 2. The predicted octanol–water partition coefficient (Wildman–Crippen LogP) is 0.758. The normalized spacial score (nSPS) is 14.2. The first-order valence-corrected chi connectivity index (χ1v) is 8.23. The maximum Gasteiger partial charge on any atom is 0.341 e. The average Bonchev–Trinajstić information content (AvgIpc) is 2.76. The molecule has 0 aliphatic heterocycles. The summed E-state index contributed by atoms with van der Waals surface area (Å²) in [5.41, 5.74) is 0.541. The fourth-order valence-corrected chi connectivity index (χ4v) is 3.18. The topological polar surface area (TPSA) is 112 Å². The minimum atomic E-state index is -3.16. The third-order valence-electron chi connectivity index (χ3n) is 2.43. The van der Waals surface area contributed by atoms with Crippen LogP contribution in [0.1, 0.15) is 12.6 Å². The van der Waals surface area contributed by atoms with E-state index >= 15 is 0 Å². The summed E-state index contributed by atoms with van der Waals surface area (Å²) < 4.78 is 19.2. The van der Waals surface area contributed by atoms with Gasteiger partial charge in [0.2, 0.25) is 0 Å². The summed E-state index contributed by atoms with van der Waals surface area (Å²) in [6.07, 6.45) is 1.41. The van der Waals surface area contributed by atoms with Gasteiger partial charge in [-0.05, 0) is 0 Å². The van der Waals surface area contributed by atoms with Crippen molar-refractivity contribution in [3.05, 3.63) is 11.9 Å². The molecule has 1 rings (SSSR count). The van der Waals surface area contributed by atoms with Crippen molar-refractivity contribution in [2.75, 3.05) is 24.1 Å². The van der Waals surface area contributed by atoms with E-state index in [-0.39, 0.29) is 17.8 Å². The minimum Gasteiger partial charge on any atom is -0.311 e. The molecule has 9 nitrogen and oxygen atoms in total. The van der Waals surface area contributed by atoms with E-state index in [0.717, 1.165) is 0 Å². The maximum absolute atomic E-state index is 12.4. The second-order valence-corrected chi connectivity index (χ2v) is 6.31. The van der Waals surface area contributed by atoms with Crippen molar-refractivity contribution in [3.63, 3.8) is 0 Å². The fraction of sp³-hybridized carbons (Fsp3) is 0.667. The second-order valence-electron chi connectivity index (χ2n) is 3.87. The molecule has 0 saturated carbocycles. The highest BCUT2D eigenvalue weighted by Gasteiger charge is 2.22. The van der Waals surface area contributed by atoms with Gasteiger partial charge in [-0.1, -0.05) is 12.2 Å². The SMILES string of the molecule is CCN[P@@](=O)(NCCS)OCc1cnc(N(O)O)n1C. The Bertz CT molecular complexity index is 469. The van der Waals surface area contributed by atoms with Gasteiger partial charge in [0.1, 0.15) is 0 Å². The molecule has 116 valence electrons. The standard InChI is InChI=1S/C9H20N5O4PS/c1-3-11-19(17,12-4-5-20)18-7-8-6-10-9(13(8)2)14(15)16/h6,15-16,20H,3-5,7H2,1-2H3,(H2,11,12,17)/t19-/m0/s1. The van der Waals surface area contributed by atoms with Crippen molar-refractivity contribution in [1.82, 2.24) is 19.7 Å². The van der Waals surface area contributed by atoms with Crippen molar-refractivity contribution in [2.45, 2.75) is 13.5 Å². The van der Waals surface area contributed by atoms with Crippen LogP contribution in [0.15, 0.2) is 6.20 Å². The number of thiol groups is 1. The third kappa shape index (κ3) is 4.74. The van der Waals surface area contributed by atoms with E-state index in [1.54, 1.807) is 7.05 Å². The molecule has 0 aliphatic carbocycles. The lowest BCUT2D eigenvalue weighted by Gasteiger charge is -2.19. The second kappa shape index (κ2) is 7.99. The molecule has 0 amide bonds. The summed E-state index contributed by atoms with van der Waals surface area (Å²) in [4.78, 5) is 3.79. The van der Waals surface area contributed by atoms with Crippen LogP contribution in [0, 0.1) is 0 Å². The van der Waals surface area contributed by atoms with Crippen LogP contribution in [0.5, 0.6) is 0 Å². The zero-order chi connectivity index (χ0) is 15.2. The molecule has 1 heterocycles. The van der Waals surface area contributed by atoms with E-state index in [4.69, 9.17) is 14.9 Å². The van der Waals surface area contributed by atoms with E-state index in [0.29, 0.717) is 24.5 Å². The van der Waals surface area contributed by atoms with E-state index < -0.39 is 7.67 Å². The number of nitrogens with zero attached hydrogens (tertiary/aromatic N) is 3. The van der Waals surface area contributed by atoms with Gasteiger partial charge in [0.25, 0.3) is 5.95 Å². The molecule has 0 saturated heterocycles. The first kappa shape index (κ1) is 17.4. The van der Waals surface area contributed by atoms with E-state index in [9.17, 15) is 4.57 Å². The van der Waals surface area contributed by atoms with Gasteiger partial charge >= 0.3 is 7.67 Å². The Morgan fingerprint density at radius 2 is 2.25 bits per heavy atom. The Hall–Kier alpha value is -0.610. The molecule has 4 N–H and O–H groups in total. The van der Waals surface area contributed by atoms with Gasteiger partial charge < -0.3 is 4.57 Å². The summed E-state index contributed by atoms with van der Waals surface area (Å²) in [6.45, 7) is 2.73. The van der Waals surface area contributed by atoms with E-state index in [1.807, 2.05) is 6.92 Å². The molecular formula is C9H20N5O4PS. The highest BCUT2D eigenvalue weighted by Crippen LogP contribution is 2.38. The molecule has 0 unspecified atom stereocenters. The van der Waals surface area contributed by atoms with Crippen LogP contribution in [0.25, 0.3) is 0 Å². The molecule has 0 aromatic carbocycles. The van der Waals surface area contributed by atoms with Crippen LogP contribution in [0.2, 0.25) is 0 Å². The summed E-state index contributed by atoms with van der Waals surface area (Å²) in [6, 6.07) is 0. The van der Waals surface area contributed by atoms with Gasteiger partial charge in [0.05, 0.1) is 18.5 Å². The molecule has 0 fully saturated rings. The van der Waals surface area contributed by atoms with Crippen LogP contribution in [0.3, 0.4) is 0 Å². The molecule has 0 radical (unpaired) electrons. The molecule has 0 aliphatic rings. The van der Waals surface area contributed by atoms with Crippen LogP contribution in [-0.4, -0.2) is 38.8 Å². The van der Waals surface area contributed by atoms with Gasteiger partial charge in [-0.2, -0.15) is 12.6 Å².